The molecule has 2 aromatic carbocycles. The van der Waals surface area contributed by atoms with Gasteiger partial charge in [-0.1, -0.05) is 30.3 Å². The molecule has 2 aliphatic rings. The van der Waals surface area contributed by atoms with E-state index in [1.165, 1.54) is 6.07 Å². The second kappa shape index (κ2) is 9.39. The molecule has 0 bridgehead atoms. The third-order valence-electron chi connectivity index (χ3n) is 7.15. The number of aromatic amines is 1. The number of benzene rings is 2. The van der Waals surface area contributed by atoms with Crippen molar-refractivity contribution < 1.29 is 14.0 Å². The van der Waals surface area contributed by atoms with Crippen LogP contribution in [0.15, 0.2) is 42.5 Å². The van der Waals surface area contributed by atoms with Crippen LogP contribution in [0.5, 0.6) is 0 Å². The van der Waals surface area contributed by atoms with E-state index in [1.54, 1.807) is 18.2 Å². The molecule has 186 valence electrons. The molecule has 2 aliphatic heterocycles. The van der Waals surface area contributed by atoms with Crippen LogP contribution in [0, 0.1) is 19.7 Å². The molecule has 2 amide bonds. The molecule has 7 heteroatoms. The highest BCUT2D eigenvalue weighted by atomic mass is 19.1. The van der Waals surface area contributed by atoms with Crippen molar-refractivity contribution in [2.75, 3.05) is 18.4 Å². The zero-order chi connectivity index (χ0) is 25.6. The minimum atomic E-state index is -0.339. The van der Waals surface area contributed by atoms with Crippen LogP contribution >= 0.6 is 0 Å². The van der Waals surface area contributed by atoms with Crippen LogP contribution in [0.2, 0.25) is 0 Å². The minimum absolute atomic E-state index is 0.102. The maximum absolute atomic E-state index is 14.7. The maximum Gasteiger partial charge on any atom is 0.256 e. The molecule has 3 heterocycles. The summed E-state index contributed by atoms with van der Waals surface area (Å²) in [7, 11) is 0. The number of nitrogens with one attached hydrogen (secondary N) is 3. The van der Waals surface area contributed by atoms with Gasteiger partial charge < -0.3 is 20.5 Å². The Morgan fingerprint density at radius 3 is 2.47 bits per heavy atom. The number of hydrogen-bond acceptors (Lipinski definition) is 3. The first kappa shape index (κ1) is 24.0. The number of anilines is 1. The van der Waals surface area contributed by atoms with E-state index in [0.717, 1.165) is 22.5 Å². The average Bonchev–Trinajstić information content (AvgIpc) is 3.29. The molecule has 2 atom stereocenters. The average molecular weight is 487 g/mol. The summed E-state index contributed by atoms with van der Waals surface area (Å²) >= 11 is 0. The summed E-state index contributed by atoms with van der Waals surface area (Å²) in [5.41, 5.74) is 6.49. The highest BCUT2D eigenvalue weighted by Gasteiger charge is 2.29. The molecule has 0 radical (unpaired) electrons. The van der Waals surface area contributed by atoms with Gasteiger partial charge in [0.05, 0.1) is 12.0 Å². The van der Waals surface area contributed by atoms with Crippen LogP contribution in [0.3, 0.4) is 0 Å². The monoisotopic (exact) mass is 486 g/mol. The number of aryl methyl sites for hydroxylation is 1. The lowest BCUT2D eigenvalue weighted by Crippen LogP contribution is -2.56. The Labute approximate surface area is 210 Å². The van der Waals surface area contributed by atoms with Gasteiger partial charge in [0.2, 0.25) is 5.91 Å². The molecule has 0 spiro atoms. The Hall–Kier alpha value is -3.71. The van der Waals surface area contributed by atoms with E-state index in [4.69, 9.17) is 0 Å². The van der Waals surface area contributed by atoms with Gasteiger partial charge in [-0.05, 0) is 62.6 Å². The van der Waals surface area contributed by atoms with Gasteiger partial charge in [0, 0.05) is 53.4 Å². The topological polar surface area (TPSA) is 77.2 Å². The van der Waals surface area contributed by atoms with Gasteiger partial charge >= 0.3 is 0 Å². The molecular weight excluding hydrogens is 455 g/mol. The number of H-pyrrole nitrogens is 1. The molecule has 1 saturated heterocycles. The lowest BCUT2D eigenvalue weighted by atomic mass is 9.93. The van der Waals surface area contributed by atoms with Crippen molar-refractivity contribution >= 4 is 29.2 Å². The third kappa shape index (κ3) is 4.35. The summed E-state index contributed by atoms with van der Waals surface area (Å²) in [6.45, 7) is 9.49. The number of rotatable bonds is 4. The largest absolute Gasteiger partial charge is 0.359 e. The van der Waals surface area contributed by atoms with Crippen LogP contribution in [0.4, 0.5) is 10.1 Å². The first-order valence-corrected chi connectivity index (χ1v) is 12.4. The van der Waals surface area contributed by atoms with Gasteiger partial charge in [0.15, 0.2) is 0 Å². The summed E-state index contributed by atoms with van der Waals surface area (Å²) in [6, 6.07) is 12.6. The van der Waals surface area contributed by atoms with Crippen molar-refractivity contribution in [3.8, 4) is 11.1 Å². The zero-order valence-corrected chi connectivity index (χ0v) is 21.0. The van der Waals surface area contributed by atoms with Crippen molar-refractivity contribution in [3.63, 3.8) is 0 Å². The molecule has 1 aromatic heterocycles. The molecule has 0 saturated carbocycles. The number of nitrogens with zero attached hydrogens (tertiary/aromatic N) is 1. The molecule has 1 fully saturated rings. The third-order valence-corrected chi connectivity index (χ3v) is 7.15. The Balaban J connectivity index is 1.50. The van der Waals surface area contributed by atoms with Gasteiger partial charge in [-0.15, -0.1) is 0 Å². The number of piperazine rings is 1. The lowest BCUT2D eigenvalue weighted by Gasteiger charge is -2.36. The number of carbonyl (C=O) groups is 2. The fourth-order valence-corrected chi connectivity index (χ4v) is 5.45. The van der Waals surface area contributed by atoms with Crippen molar-refractivity contribution in [1.29, 1.82) is 0 Å². The number of aromatic nitrogens is 1. The molecule has 3 aromatic rings. The predicted octanol–water partition coefficient (Wildman–Crippen LogP) is 4.68. The summed E-state index contributed by atoms with van der Waals surface area (Å²) < 4.78 is 14.7. The van der Waals surface area contributed by atoms with Crippen molar-refractivity contribution in [2.45, 2.75) is 46.2 Å². The predicted molar refractivity (Wildman–Crippen MR) is 141 cm³/mol. The van der Waals surface area contributed by atoms with Crippen molar-refractivity contribution in [3.05, 3.63) is 76.4 Å². The Kier molecular flexibility index (Phi) is 6.26. The zero-order valence-electron chi connectivity index (χ0n) is 21.0. The minimum Gasteiger partial charge on any atom is -0.359 e. The Morgan fingerprint density at radius 1 is 1.06 bits per heavy atom. The molecule has 5 rings (SSSR count). The fraction of sp³-hybridized carbons (Fsp3) is 0.310. The smallest absolute Gasteiger partial charge is 0.256 e. The van der Waals surface area contributed by atoms with Gasteiger partial charge in [-0.25, -0.2) is 4.39 Å². The quantitative estimate of drug-likeness (QED) is 0.469. The second-order valence-corrected chi connectivity index (χ2v) is 9.93. The van der Waals surface area contributed by atoms with E-state index in [0.29, 0.717) is 47.5 Å². The highest BCUT2D eigenvalue weighted by molar-refractivity contribution is 6.36. The van der Waals surface area contributed by atoms with Crippen molar-refractivity contribution in [1.82, 2.24) is 15.2 Å². The van der Waals surface area contributed by atoms with Crippen LogP contribution in [0.25, 0.3) is 22.8 Å². The maximum atomic E-state index is 14.7. The van der Waals surface area contributed by atoms with Crippen LogP contribution in [-0.4, -0.2) is 46.9 Å². The second-order valence-electron chi connectivity index (χ2n) is 9.93. The number of amides is 2. The molecule has 0 aliphatic carbocycles. The van der Waals surface area contributed by atoms with Crippen molar-refractivity contribution in [2.24, 2.45) is 0 Å². The van der Waals surface area contributed by atoms with E-state index in [2.05, 4.69) is 29.5 Å². The van der Waals surface area contributed by atoms with Crippen LogP contribution in [-0.2, 0) is 16.0 Å². The number of carbonyl (C=O) groups excluding carboxylic acids is 2. The summed E-state index contributed by atoms with van der Waals surface area (Å²) in [5, 5.41) is 6.37. The van der Waals surface area contributed by atoms with Gasteiger partial charge in [0.1, 0.15) is 5.82 Å². The summed E-state index contributed by atoms with van der Waals surface area (Å²) in [4.78, 5) is 31.4. The van der Waals surface area contributed by atoms with E-state index in [9.17, 15) is 14.0 Å². The van der Waals surface area contributed by atoms with Gasteiger partial charge in [-0.2, -0.15) is 0 Å². The van der Waals surface area contributed by atoms with Crippen LogP contribution < -0.4 is 10.6 Å². The number of fused-ring (bicyclic) bond motifs is 1. The fourth-order valence-electron chi connectivity index (χ4n) is 5.45. The molecule has 3 N–H and O–H groups in total. The van der Waals surface area contributed by atoms with E-state index in [-0.39, 0.29) is 29.7 Å². The van der Waals surface area contributed by atoms with E-state index < -0.39 is 0 Å². The van der Waals surface area contributed by atoms with Crippen LogP contribution in [0.1, 0.15) is 41.9 Å². The number of halogens is 1. The Morgan fingerprint density at radius 2 is 1.75 bits per heavy atom. The molecule has 36 heavy (non-hydrogen) atoms. The van der Waals surface area contributed by atoms with Gasteiger partial charge in [-0.3, -0.25) is 9.59 Å². The first-order chi connectivity index (χ1) is 17.2. The molecule has 0 unspecified atom stereocenters. The van der Waals surface area contributed by atoms with E-state index >= 15 is 0 Å². The number of hydrogen-bond donors (Lipinski definition) is 3. The normalized spacial score (nSPS) is 20.5. The van der Waals surface area contributed by atoms with Gasteiger partial charge in [0.25, 0.3) is 5.91 Å². The summed E-state index contributed by atoms with van der Waals surface area (Å²) in [6.07, 6.45) is 2.12. The SMILES string of the molecule is Cc1[nH]c(/C=C2\C(=O)Nc3cccc(-c4ccccc4F)c32)c(C)c1CC(=O)N1C[C@@H](C)N[C@@H](C)C1. The lowest BCUT2D eigenvalue weighted by molar-refractivity contribution is -0.132. The standard InChI is InChI=1S/C29H31FN4O2/c1-16-14-34(15-17(2)31-16)27(35)13-22-18(3)26(32-19(22)4)12-23-28-21(20-8-5-6-10-24(20)30)9-7-11-25(28)33-29(23)36/h5-12,16-17,31-32H,13-15H2,1-4H3,(H,33,36)/b23-12-/t16-,17+. The molecular formula is C29H31FN4O2. The van der Waals surface area contributed by atoms with E-state index in [1.807, 2.05) is 43.0 Å². The Bertz CT molecular complexity index is 1380. The summed E-state index contributed by atoms with van der Waals surface area (Å²) in [5.74, 6) is -0.471. The highest BCUT2D eigenvalue weighted by Crippen LogP contribution is 2.41. The first-order valence-electron chi connectivity index (χ1n) is 12.4. The molecule has 6 nitrogen and oxygen atoms in total.